The molecule has 0 saturated carbocycles. The van der Waals surface area contributed by atoms with Crippen LogP contribution in [0.25, 0.3) is 10.9 Å². The standard InChI is InChI=1S/C16H20BrFN2/c1-5-6-19-16-11-7-12(17)13(18)8-14(11)20-10(4)15(16)9(2)3/h7-9H,5-6H2,1-4H3,(H,19,20). The number of rotatable bonds is 4. The number of aromatic nitrogens is 1. The Morgan fingerprint density at radius 1 is 1.35 bits per heavy atom. The van der Waals surface area contributed by atoms with E-state index < -0.39 is 0 Å². The van der Waals surface area contributed by atoms with Crippen molar-refractivity contribution in [3.05, 3.63) is 33.7 Å². The van der Waals surface area contributed by atoms with Crippen LogP contribution in [0.2, 0.25) is 0 Å². The zero-order valence-electron chi connectivity index (χ0n) is 12.3. The van der Waals surface area contributed by atoms with Gasteiger partial charge in [0.2, 0.25) is 0 Å². The molecule has 108 valence electrons. The molecule has 1 N–H and O–H groups in total. The fourth-order valence-corrected chi connectivity index (χ4v) is 2.89. The van der Waals surface area contributed by atoms with Gasteiger partial charge in [-0.1, -0.05) is 20.8 Å². The number of pyridine rings is 1. The van der Waals surface area contributed by atoms with Crippen LogP contribution < -0.4 is 5.32 Å². The minimum Gasteiger partial charge on any atom is -0.384 e. The number of aryl methyl sites for hydroxylation is 1. The Morgan fingerprint density at radius 2 is 2.05 bits per heavy atom. The molecule has 0 saturated heterocycles. The third-order valence-corrected chi connectivity index (χ3v) is 3.99. The Kier molecular flexibility index (Phi) is 4.63. The average Bonchev–Trinajstić information content (AvgIpc) is 2.37. The number of fused-ring (bicyclic) bond motifs is 1. The van der Waals surface area contributed by atoms with Crippen LogP contribution in [0.5, 0.6) is 0 Å². The van der Waals surface area contributed by atoms with Crippen molar-refractivity contribution in [1.29, 1.82) is 0 Å². The second-order valence-corrected chi connectivity index (χ2v) is 6.21. The summed E-state index contributed by atoms with van der Waals surface area (Å²) in [6, 6.07) is 3.31. The topological polar surface area (TPSA) is 24.9 Å². The molecule has 2 rings (SSSR count). The van der Waals surface area contributed by atoms with E-state index in [0.717, 1.165) is 29.7 Å². The van der Waals surface area contributed by atoms with Crippen LogP contribution in [0.15, 0.2) is 16.6 Å². The van der Waals surface area contributed by atoms with Crippen molar-refractivity contribution in [1.82, 2.24) is 4.98 Å². The second kappa shape index (κ2) is 6.08. The molecule has 0 aliphatic heterocycles. The van der Waals surface area contributed by atoms with E-state index in [-0.39, 0.29) is 5.82 Å². The highest BCUT2D eigenvalue weighted by Crippen LogP contribution is 2.35. The van der Waals surface area contributed by atoms with Gasteiger partial charge in [-0.25, -0.2) is 4.39 Å². The number of hydrogen-bond acceptors (Lipinski definition) is 2. The third kappa shape index (κ3) is 2.80. The zero-order chi connectivity index (χ0) is 14.9. The molecule has 0 amide bonds. The number of nitrogens with one attached hydrogen (secondary N) is 1. The number of halogens is 2. The number of benzene rings is 1. The SMILES string of the molecule is CCCNc1c(C(C)C)c(C)nc2cc(F)c(Br)cc12. The van der Waals surface area contributed by atoms with Crippen molar-refractivity contribution >= 4 is 32.5 Å². The molecule has 0 bridgehead atoms. The summed E-state index contributed by atoms with van der Waals surface area (Å²) in [4.78, 5) is 4.57. The van der Waals surface area contributed by atoms with Crippen LogP contribution in [-0.2, 0) is 0 Å². The Hall–Kier alpha value is -1.16. The normalized spacial score (nSPS) is 11.3. The second-order valence-electron chi connectivity index (χ2n) is 5.35. The highest BCUT2D eigenvalue weighted by molar-refractivity contribution is 9.10. The van der Waals surface area contributed by atoms with E-state index >= 15 is 0 Å². The first-order valence-electron chi connectivity index (χ1n) is 6.98. The van der Waals surface area contributed by atoms with Gasteiger partial charge >= 0.3 is 0 Å². The minimum atomic E-state index is -0.275. The molecule has 0 aliphatic rings. The highest BCUT2D eigenvalue weighted by Gasteiger charge is 2.16. The molecule has 1 heterocycles. The van der Waals surface area contributed by atoms with Crippen LogP contribution >= 0.6 is 15.9 Å². The summed E-state index contributed by atoms with van der Waals surface area (Å²) in [5.74, 6) is 0.0956. The lowest BCUT2D eigenvalue weighted by Crippen LogP contribution is -2.08. The molecule has 0 atom stereocenters. The number of nitrogens with zero attached hydrogens (tertiary/aromatic N) is 1. The fourth-order valence-electron chi connectivity index (χ4n) is 2.54. The first kappa shape index (κ1) is 15.2. The van der Waals surface area contributed by atoms with Crippen molar-refractivity contribution in [3.63, 3.8) is 0 Å². The monoisotopic (exact) mass is 338 g/mol. The first-order valence-corrected chi connectivity index (χ1v) is 7.78. The summed E-state index contributed by atoms with van der Waals surface area (Å²) in [6.07, 6.45) is 1.04. The molecule has 0 unspecified atom stereocenters. The Bertz CT molecular complexity index is 638. The third-order valence-electron chi connectivity index (χ3n) is 3.38. The van der Waals surface area contributed by atoms with E-state index in [0.29, 0.717) is 15.9 Å². The van der Waals surface area contributed by atoms with Gasteiger partial charge in [0.15, 0.2) is 0 Å². The lowest BCUT2D eigenvalue weighted by Gasteiger charge is -2.19. The van der Waals surface area contributed by atoms with E-state index in [9.17, 15) is 4.39 Å². The molecule has 2 aromatic rings. The van der Waals surface area contributed by atoms with Crippen LogP contribution in [-0.4, -0.2) is 11.5 Å². The first-order chi connectivity index (χ1) is 9.45. The fraction of sp³-hybridized carbons (Fsp3) is 0.438. The van der Waals surface area contributed by atoms with Crippen LogP contribution in [0.3, 0.4) is 0 Å². The largest absolute Gasteiger partial charge is 0.384 e. The van der Waals surface area contributed by atoms with Gasteiger partial charge in [0.1, 0.15) is 5.82 Å². The van der Waals surface area contributed by atoms with E-state index in [4.69, 9.17) is 0 Å². The molecule has 1 aromatic carbocycles. The van der Waals surface area contributed by atoms with Gasteiger partial charge in [0.25, 0.3) is 0 Å². The molecule has 1 aromatic heterocycles. The van der Waals surface area contributed by atoms with Gasteiger partial charge in [-0.2, -0.15) is 0 Å². The van der Waals surface area contributed by atoms with E-state index in [1.807, 2.05) is 13.0 Å². The molecule has 20 heavy (non-hydrogen) atoms. The lowest BCUT2D eigenvalue weighted by atomic mass is 9.96. The summed E-state index contributed by atoms with van der Waals surface area (Å²) in [7, 11) is 0. The molecule has 0 aliphatic carbocycles. The molecule has 4 heteroatoms. The van der Waals surface area contributed by atoms with E-state index in [1.165, 1.54) is 11.6 Å². The lowest BCUT2D eigenvalue weighted by molar-refractivity contribution is 0.622. The summed E-state index contributed by atoms with van der Waals surface area (Å²) in [5, 5.41) is 4.46. The summed E-state index contributed by atoms with van der Waals surface area (Å²) >= 11 is 3.27. The van der Waals surface area contributed by atoms with Gasteiger partial charge in [0, 0.05) is 29.4 Å². The maximum absolute atomic E-state index is 13.7. The predicted molar refractivity (Wildman–Crippen MR) is 87.0 cm³/mol. The van der Waals surface area contributed by atoms with Crippen molar-refractivity contribution in [2.24, 2.45) is 0 Å². The van der Waals surface area contributed by atoms with Crippen molar-refractivity contribution in [2.45, 2.75) is 40.0 Å². The summed E-state index contributed by atoms with van der Waals surface area (Å²) in [6.45, 7) is 9.34. The van der Waals surface area contributed by atoms with E-state index in [1.54, 1.807) is 0 Å². The minimum absolute atomic E-state index is 0.275. The molecule has 0 fully saturated rings. The van der Waals surface area contributed by atoms with Crippen LogP contribution in [0.4, 0.5) is 10.1 Å². The van der Waals surface area contributed by atoms with E-state index in [2.05, 4.69) is 47.0 Å². The molecular weight excluding hydrogens is 319 g/mol. The quantitative estimate of drug-likeness (QED) is 0.808. The van der Waals surface area contributed by atoms with Crippen molar-refractivity contribution in [2.75, 3.05) is 11.9 Å². The maximum Gasteiger partial charge on any atom is 0.139 e. The zero-order valence-corrected chi connectivity index (χ0v) is 13.9. The Morgan fingerprint density at radius 3 is 2.65 bits per heavy atom. The van der Waals surface area contributed by atoms with Gasteiger partial charge in [0.05, 0.1) is 9.99 Å². The maximum atomic E-state index is 13.7. The highest BCUT2D eigenvalue weighted by atomic mass is 79.9. The summed E-state index contributed by atoms with van der Waals surface area (Å²) in [5.41, 5.74) is 3.97. The number of hydrogen-bond donors (Lipinski definition) is 1. The average molecular weight is 339 g/mol. The van der Waals surface area contributed by atoms with Crippen LogP contribution in [0.1, 0.15) is 44.4 Å². The van der Waals surface area contributed by atoms with Crippen LogP contribution in [0, 0.1) is 12.7 Å². The van der Waals surface area contributed by atoms with Gasteiger partial charge < -0.3 is 5.32 Å². The van der Waals surface area contributed by atoms with Gasteiger partial charge in [-0.3, -0.25) is 4.98 Å². The number of anilines is 1. The molecular formula is C16H20BrFN2. The smallest absolute Gasteiger partial charge is 0.139 e. The van der Waals surface area contributed by atoms with Gasteiger partial charge in [-0.15, -0.1) is 0 Å². The Balaban J connectivity index is 2.77. The molecule has 0 radical (unpaired) electrons. The molecule has 0 spiro atoms. The van der Waals surface area contributed by atoms with Gasteiger partial charge in [-0.05, 0) is 46.8 Å². The van der Waals surface area contributed by atoms with Crippen molar-refractivity contribution < 1.29 is 4.39 Å². The van der Waals surface area contributed by atoms with Crippen molar-refractivity contribution in [3.8, 4) is 0 Å². The predicted octanol–water partition coefficient (Wildman–Crippen LogP) is 5.39. The Labute approximate surface area is 127 Å². The molecule has 2 nitrogen and oxygen atoms in total. The summed E-state index contributed by atoms with van der Waals surface area (Å²) < 4.78 is 14.2.